The third-order valence-electron chi connectivity index (χ3n) is 4.35. The molecule has 0 saturated heterocycles. The van der Waals surface area contributed by atoms with Gasteiger partial charge in [0.05, 0.1) is 30.7 Å². The Morgan fingerprint density at radius 1 is 1.13 bits per heavy atom. The molecule has 0 spiro atoms. The summed E-state index contributed by atoms with van der Waals surface area (Å²) < 4.78 is 7.85. The number of rotatable bonds is 9. The van der Waals surface area contributed by atoms with Crippen LogP contribution < -0.4 is 15.4 Å². The van der Waals surface area contributed by atoms with Crippen molar-refractivity contribution in [3.8, 4) is 5.75 Å². The molecule has 2 aromatic carbocycles. The number of benzene rings is 2. The molecule has 0 fully saturated rings. The zero-order chi connectivity index (χ0) is 22.2. The number of amides is 2. The van der Waals surface area contributed by atoms with Gasteiger partial charge in [0.15, 0.2) is 11.0 Å². The Hall–Kier alpha value is -2.85. The average Bonchev–Trinajstić information content (AvgIpc) is 3.18. The third kappa shape index (κ3) is 5.86. The van der Waals surface area contributed by atoms with Gasteiger partial charge in [0.2, 0.25) is 5.91 Å². The van der Waals surface area contributed by atoms with E-state index in [1.165, 1.54) is 11.8 Å². The Kier molecular flexibility index (Phi) is 8.07. The number of thioether (sulfide) groups is 1. The summed E-state index contributed by atoms with van der Waals surface area (Å²) in [6.45, 7) is 2.81. The zero-order valence-electron chi connectivity index (χ0n) is 17.1. The first kappa shape index (κ1) is 22.8. The van der Waals surface area contributed by atoms with Crippen molar-refractivity contribution in [1.82, 2.24) is 20.1 Å². The zero-order valence-corrected chi connectivity index (χ0v) is 19.5. The summed E-state index contributed by atoms with van der Waals surface area (Å²) in [6.07, 6.45) is 0. The lowest BCUT2D eigenvalue weighted by Gasteiger charge is -2.10. The summed E-state index contributed by atoms with van der Waals surface area (Å²) in [6, 6.07) is 14.4. The van der Waals surface area contributed by atoms with E-state index in [4.69, 9.17) is 4.74 Å². The first-order chi connectivity index (χ1) is 15.0. The van der Waals surface area contributed by atoms with Gasteiger partial charge in [0.25, 0.3) is 5.91 Å². The van der Waals surface area contributed by atoms with Gasteiger partial charge in [0, 0.05) is 11.0 Å². The highest BCUT2D eigenvalue weighted by Crippen LogP contribution is 2.24. The van der Waals surface area contributed by atoms with Crippen LogP contribution in [0, 0.1) is 0 Å². The number of carbonyl (C=O) groups excluding carboxylic acids is 2. The van der Waals surface area contributed by atoms with E-state index in [2.05, 4.69) is 36.8 Å². The standard InChI is InChI=1S/C21H22BrN5O3S/c1-3-27-18(12-23-20(29)14-8-4-5-9-15(14)22)25-26-21(27)31-13-19(28)24-16-10-6-7-11-17(16)30-2/h4-11H,3,12-13H2,1-2H3,(H,23,29)(H,24,28). The van der Waals surface area contributed by atoms with Crippen LogP contribution in [0.3, 0.4) is 0 Å². The van der Waals surface area contributed by atoms with Crippen molar-refractivity contribution in [3.63, 3.8) is 0 Å². The van der Waals surface area contributed by atoms with Gasteiger partial charge in [-0.25, -0.2) is 0 Å². The molecule has 2 N–H and O–H groups in total. The van der Waals surface area contributed by atoms with E-state index in [1.807, 2.05) is 35.8 Å². The van der Waals surface area contributed by atoms with Gasteiger partial charge in [-0.3, -0.25) is 9.59 Å². The number of nitrogens with one attached hydrogen (secondary N) is 2. The van der Waals surface area contributed by atoms with Crippen LogP contribution in [0.4, 0.5) is 5.69 Å². The molecule has 2 amide bonds. The fraction of sp³-hybridized carbons (Fsp3) is 0.238. The molecule has 10 heteroatoms. The second kappa shape index (κ2) is 11.0. The molecule has 3 aromatic rings. The van der Waals surface area contributed by atoms with Gasteiger partial charge in [-0.15, -0.1) is 10.2 Å². The molecule has 0 aliphatic rings. The van der Waals surface area contributed by atoms with Crippen LogP contribution >= 0.6 is 27.7 Å². The van der Waals surface area contributed by atoms with Gasteiger partial charge < -0.3 is 19.9 Å². The Balaban J connectivity index is 1.59. The van der Waals surface area contributed by atoms with E-state index in [1.54, 1.807) is 31.4 Å². The number of ether oxygens (including phenoxy) is 1. The van der Waals surface area contributed by atoms with Crippen molar-refractivity contribution in [2.24, 2.45) is 0 Å². The summed E-state index contributed by atoms with van der Waals surface area (Å²) in [5, 5.41) is 14.7. The van der Waals surface area contributed by atoms with E-state index >= 15 is 0 Å². The van der Waals surface area contributed by atoms with Crippen LogP contribution in [-0.2, 0) is 17.9 Å². The van der Waals surface area contributed by atoms with Crippen LogP contribution in [0.25, 0.3) is 0 Å². The Bertz CT molecular complexity index is 1070. The molecular weight excluding hydrogens is 482 g/mol. The Labute approximate surface area is 192 Å². The average molecular weight is 504 g/mol. The molecule has 0 aliphatic carbocycles. The Morgan fingerprint density at radius 2 is 1.87 bits per heavy atom. The van der Waals surface area contributed by atoms with E-state index in [-0.39, 0.29) is 24.1 Å². The second-order valence-corrected chi connectivity index (χ2v) is 8.14. The van der Waals surface area contributed by atoms with Crippen molar-refractivity contribution in [2.75, 3.05) is 18.2 Å². The lowest BCUT2D eigenvalue weighted by molar-refractivity contribution is -0.113. The van der Waals surface area contributed by atoms with E-state index in [0.29, 0.717) is 34.5 Å². The van der Waals surface area contributed by atoms with Crippen molar-refractivity contribution in [3.05, 3.63) is 64.4 Å². The molecule has 0 radical (unpaired) electrons. The van der Waals surface area contributed by atoms with Crippen molar-refractivity contribution >= 4 is 45.2 Å². The molecule has 162 valence electrons. The number of methoxy groups -OCH3 is 1. The fourth-order valence-electron chi connectivity index (χ4n) is 2.84. The molecule has 0 atom stereocenters. The number of hydrogen-bond acceptors (Lipinski definition) is 6. The SMILES string of the molecule is CCn1c(CNC(=O)c2ccccc2Br)nnc1SCC(=O)Nc1ccccc1OC. The molecule has 0 aliphatic heterocycles. The molecular formula is C21H22BrN5O3S. The lowest BCUT2D eigenvalue weighted by Crippen LogP contribution is -2.25. The number of aromatic nitrogens is 3. The number of nitrogens with zero attached hydrogens (tertiary/aromatic N) is 3. The van der Waals surface area contributed by atoms with E-state index in [9.17, 15) is 9.59 Å². The van der Waals surface area contributed by atoms with Gasteiger partial charge in [0.1, 0.15) is 5.75 Å². The highest BCUT2D eigenvalue weighted by molar-refractivity contribution is 9.10. The summed E-state index contributed by atoms with van der Waals surface area (Å²) in [7, 11) is 1.56. The highest BCUT2D eigenvalue weighted by Gasteiger charge is 2.16. The van der Waals surface area contributed by atoms with Gasteiger partial charge in [-0.2, -0.15) is 0 Å². The van der Waals surface area contributed by atoms with Crippen molar-refractivity contribution in [2.45, 2.75) is 25.2 Å². The molecule has 1 aromatic heterocycles. The number of hydrogen-bond donors (Lipinski definition) is 2. The van der Waals surface area contributed by atoms with E-state index < -0.39 is 0 Å². The lowest BCUT2D eigenvalue weighted by atomic mass is 10.2. The van der Waals surface area contributed by atoms with Crippen LogP contribution in [-0.4, -0.2) is 39.4 Å². The first-order valence-electron chi connectivity index (χ1n) is 9.54. The molecule has 0 saturated carbocycles. The summed E-state index contributed by atoms with van der Waals surface area (Å²) in [4.78, 5) is 24.8. The smallest absolute Gasteiger partial charge is 0.252 e. The van der Waals surface area contributed by atoms with Gasteiger partial charge in [-0.05, 0) is 47.1 Å². The van der Waals surface area contributed by atoms with E-state index in [0.717, 1.165) is 4.47 Å². The van der Waals surface area contributed by atoms with Crippen LogP contribution in [0.1, 0.15) is 23.1 Å². The van der Waals surface area contributed by atoms with Crippen LogP contribution in [0.2, 0.25) is 0 Å². The number of anilines is 1. The second-order valence-electron chi connectivity index (χ2n) is 6.34. The molecule has 31 heavy (non-hydrogen) atoms. The first-order valence-corrected chi connectivity index (χ1v) is 11.3. The topological polar surface area (TPSA) is 98.1 Å². The quantitative estimate of drug-likeness (QED) is 0.431. The number of para-hydroxylation sites is 2. The highest BCUT2D eigenvalue weighted by atomic mass is 79.9. The summed E-state index contributed by atoms with van der Waals surface area (Å²) in [5.41, 5.74) is 1.16. The molecule has 0 bridgehead atoms. The summed E-state index contributed by atoms with van der Waals surface area (Å²) >= 11 is 4.66. The minimum Gasteiger partial charge on any atom is -0.495 e. The van der Waals surface area contributed by atoms with Gasteiger partial charge in [-0.1, -0.05) is 36.0 Å². The minimum atomic E-state index is -0.205. The van der Waals surface area contributed by atoms with Crippen molar-refractivity contribution < 1.29 is 14.3 Å². The maximum atomic E-state index is 12.4. The molecule has 8 nitrogen and oxygen atoms in total. The minimum absolute atomic E-state index is 0.166. The van der Waals surface area contributed by atoms with Crippen LogP contribution in [0.15, 0.2) is 58.2 Å². The maximum Gasteiger partial charge on any atom is 0.252 e. The molecule has 1 heterocycles. The fourth-order valence-corrected chi connectivity index (χ4v) is 4.12. The van der Waals surface area contributed by atoms with Crippen molar-refractivity contribution in [1.29, 1.82) is 0 Å². The molecule has 0 unspecified atom stereocenters. The third-order valence-corrected chi connectivity index (χ3v) is 6.01. The van der Waals surface area contributed by atoms with Gasteiger partial charge >= 0.3 is 0 Å². The monoisotopic (exact) mass is 503 g/mol. The largest absolute Gasteiger partial charge is 0.495 e. The molecule has 3 rings (SSSR count). The number of halogens is 1. The number of carbonyl (C=O) groups is 2. The summed E-state index contributed by atoms with van der Waals surface area (Å²) in [5.74, 6) is 1.00. The predicted octanol–water partition coefficient (Wildman–Crippen LogP) is 3.73. The van der Waals surface area contributed by atoms with Crippen LogP contribution in [0.5, 0.6) is 5.75 Å². The maximum absolute atomic E-state index is 12.4. The normalized spacial score (nSPS) is 10.5. The predicted molar refractivity (Wildman–Crippen MR) is 123 cm³/mol. The Morgan fingerprint density at radius 3 is 2.61 bits per heavy atom.